The molecule has 0 spiro atoms. The zero-order valence-corrected chi connectivity index (χ0v) is 15.6. The second kappa shape index (κ2) is 6.81. The van der Waals surface area contributed by atoms with Crippen molar-refractivity contribution in [3.05, 3.63) is 63.5 Å². The number of carbonyl (C=O) groups is 2. The minimum absolute atomic E-state index is 0.0114. The van der Waals surface area contributed by atoms with E-state index in [2.05, 4.69) is 35.6 Å². The number of Topliss-reactive ketones (excluding diaryl/α,β-unsaturated/α-hetero) is 1. The molecule has 2 atom stereocenters. The Labute approximate surface area is 155 Å². The molecule has 1 N–H and O–H groups in total. The molecule has 4 rings (SSSR count). The van der Waals surface area contributed by atoms with Gasteiger partial charge in [-0.2, -0.15) is 0 Å². The van der Waals surface area contributed by atoms with Crippen LogP contribution in [-0.2, 0) is 9.59 Å². The average Bonchev–Trinajstić information content (AvgIpc) is 3.15. The number of benzene rings is 1. The van der Waals surface area contributed by atoms with Gasteiger partial charge in [0, 0.05) is 45.7 Å². The molecule has 5 heteroatoms. The van der Waals surface area contributed by atoms with E-state index in [1.165, 1.54) is 9.77 Å². The molecule has 0 bridgehead atoms. The van der Waals surface area contributed by atoms with Crippen LogP contribution in [0, 0.1) is 0 Å². The second-order valence-electron chi connectivity index (χ2n) is 6.51. The summed E-state index contributed by atoms with van der Waals surface area (Å²) in [5, 5.41) is 5.02. The number of carbonyl (C=O) groups excluding carboxylic acids is 2. The number of ketones is 1. The van der Waals surface area contributed by atoms with Crippen LogP contribution in [0.1, 0.15) is 41.5 Å². The number of thioether (sulfide) groups is 1. The zero-order chi connectivity index (χ0) is 17.4. The highest BCUT2D eigenvalue weighted by molar-refractivity contribution is 7.98. The summed E-state index contributed by atoms with van der Waals surface area (Å²) < 4.78 is 0. The van der Waals surface area contributed by atoms with Crippen molar-refractivity contribution in [2.75, 3.05) is 6.26 Å². The number of amides is 1. The first-order chi connectivity index (χ1) is 12.2. The normalized spacial score (nSPS) is 23.4. The average molecular weight is 370 g/mol. The van der Waals surface area contributed by atoms with Gasteiger partial charge in [-0.15, -0.1) is 23.1 Å². The maximum atomic E-state index is 12.9. The predicted molar refractivity (Wildman–Crippen MR) is 102 cm³/mol. The van der Waals surface area contributed by atoms with Crippen molar-refractivity contribution in [3.8, 4) is 0 Å². The standard InChI is InChI=1S/C20H19NO2S2/c1-24-14-6-4-12(5-7-14)15-11-19(23)21-16-9-13(10-17(22)20(15)16)18-3-2-8-25-18/h2-8,13,15H,9-11H2,1H3,(H,21,23). The van der Waals surface area contributed by atoms with Gasteiger partial charge in [0.05, 0.1) is 0 Å². The second-order valence-corrected chi connectivity index (χ2v) is 8.37. The third-order valence-electron chi connectivity index (χ3n) is 5.00. The lowest BCUT2D eigenvalue weighted by atomic mass is 9.75. The molecular weight excluding hydrogens is 350 g/mol. The summed E-state index contributed by atoms with van der Waals surface area (Å²) in [5.74, 6) is 0.261. The Morgan fingerprint density at radius 3 is 2.56 bits per heavy atom. The molecule has 25 heavy (non-hydrogen) atoms. The first-order valence-corrected chi connectivity index (χ1v) is 10.5. The maximum Gasteiger partial charge on any atom is 0.225 e. The molecule has 2 heterocycles. The van der Waals surface area contributed by atoms with Gasteiger partial charge in [0.1, 0.15) is 0 Å². The molecule has 0 saturated heterocycles. The summed E-state index contributed by atoms with van der Waals surface area (Å²) in [6, 6.07) is 12.3. The van der Waals surface area contributed by atoms with Crippen LogP contribution in [-0.4, -0.2) is 17.9 Å². The summed E-state index contributed by atoms with van der Waals surface area (Å²) in [4.78, 5) is 27.6. The smallest absolute Gasteiger partial charge is 0.225 e. The Hall–Kier alpha value is -1.85. The van der Waals surface area contributed by atoms with Crippen molar-refractivity contribution in [3.63, 3.8) is 0 Å². The van der Waals surface area contributed by atoms with Gasteiger partial charge in [-0.1, -0.05) is 18.2 Å². The molecule has 2 aromatic rings. The van der Waals surface area contributed by atoms with Crippen LogP contribution in [0.15, 0.2) is 57.9 Å². The van der Waals surface area contributed by atoms with Crippen molar-refractivity contribution >= 4 is 34.8 Å². The van der Waals surface area contributed by atoms with Gasteiger partial charge >= 0.3 is 0 Å². The fourth-order valence-corrected chi connectivity index (χ4v) is 5.04. The van der Waals surface area contributed by atoms with Gasteiger partial charge in [-0.25, -0.2) is 0 Å². The van der Waals surface area contributed by atoms with Crippen molar-refractivity contribution in [2.24, 2.45) is 0 Å². The van der Waals surface area contributed by atoms with Gasteiger partial charge in [0.15, 0.2) is 5.78 Å². The molecule has 1 aliphatic carbocycles. The molecule has 128 valence electrons. The van der Waals surface area contributed by atoms with Crippen LogP contribution >= 0.6 is 23.1 Å². The molecule has 0 radical (unpaired) electrons. The third kappa shape index (κ3) is 3.18. The van der Waals surface area contributed by atoms with Crippen molar-refractivity contribution in [1.82, 2.24) is 5.32 Å². The van der Waals surface area contributed by atoms with Gasteiger partial charge < -0.3 is 5.32 Å². The van der Waals surface area contributed by atoms with Crippen LogP contribution in [0.25, 0.3) is 0 Å². The number of hydrogen-bond acceptors (Lipinski definition) is 4. The summed E-state index contributed by atoms with van der Waals surface area (Å²) in [6.45, 7) is 0. The fourth-order valence-electron chi connectivity index (χ4n) is 3.81. The van der Waals surface area contributed by atoms with E-state index in [0.29, 0.717) is 12.8 Å². The highest BCUT2D eigenvalue weighted by Crippen LogP contribution is 2.43. The summed E-state index contributed by atoms with van der Waals surface area (Å²) >= 11 is 3.37. The van der Waals surface area contributed by atoms with E-state index in [1.54, 1.807) is 23.1 Å². The van der Waals surface area contributed by atoms with Gasteiger partial charge in [-0.3, -0.25) is 9.59 Å². The van der Waals surface area contributed by atoms with Gasteiger partial charge in [0.25, 0.3) is 0 Å². The van der Waals surface area contributed by atoms with Crippen LogP contribution in [0.2, 0.25) is 0 Å². The van der Waals surface area contributed by atoms with E-state index in [0.717, 1.165) is 23.3 Å². The Balaban J connectivity index is 1.70. The van der Waals surface area contributed by atoms with Crippen molar-refractivity contribution < 1.29 is 9.59 Å². The molecule has 0 saturated carbocycles. The monoisotopic (exact) mass is 369 g/mol. The highest BCUT2D eigenvalue weighted by atomic mass is 32.2. The fraction of sp³-hybridized carbons (Fsp3) is 0.300. The van der Waals surface area contributed by atoms with Crippen LogP contribution < -0.4 is 5.32 Å². The first-order valence-electron chi connectivity index (χ1n) is 8.39. The largest absolute Gasteiger partial charge is 0.329 e. The van der Waals surface area contributed by atoms with Crippen LogP contribution in [0.5, 0.6) is 0 Å². The SMILES string of the molecule is CSc1ccc(C2CC(=O)NC3=C2C(=O)CC(c2cccs2)C3)cc1. The Bertz CT molecular complexity index is 837. The summed E-state index contributed by atoms with van der Waals surface area (Å²) in [6.07, 6.45) is 3.67. The molecule has 2 unspecified atom stereocenters. The minimum atomic E-state index is -0.114. The molecular formula is C20H19NO2S2. The summed E-state index contributed by atoms with van der Waals surface area (Å²) in [7, 11) is 0. The van der Waals surface area contributed by atoms with Crippen molar-refractivity contribution in [1.29, 1.82) is 0 Å². The third-order valence-corrected chi connectivity index (χ3v) is 6.78. The predicted octanol–water partition coefficient (Wildman–Crippen LogP) is 4.47. The minimum Gasteiger partial charge on any atom is -0.329 e. The molecule has 1 amide bonds. The lowest BCUT2D eigenvalue weighted by Crippen LogP contribution is -2.38. The van der Waals surface area contributed by atoms with E-state index >= 15 is 0 Å². The van der Waals surface area contributed by atoms with E-state index in [-0.39, 0.29) is 23.5 Å². The molecule has 3 nitrogen and oxygen atoms in total. The molecule has 1 aromatic heterocycles. The molecule has 0 fully saturated rings. The van der Waals surface area contributed by atoms with Gasteiger partial charge in [-0.05, 0) is 41.8 Å². The Kier molecular flexibility index (Phi) is 4.52. The van der Waals surface area contributed by atoms with E-state index < -0.39 is 0 Å². The molecule has 1 aromatic carbocycles. The highest BCUT2D eigenvalue weighted by Gasteiger charge is 2.38. The Morgan fingerprint density at radius 1 is 1.08 bits per heavy atom. The first kappa shape index (κ1) is 16.6. The molecule has 2 aliphatic rings. The quantitative estimate of drug-likeness (QED) is 0.812. The maximum absolute atomic E-state index is 12.9. The number of rotatable bonds is 3. The zero-order valence-electron chi connectivity index (χ0n) is 14.0. The number of nitrogens with one attached hydrogen (secondary N) is 1. The van der Waals surface area contributed by atoms with Crippen molar-refractivity contribution in [2.45, 2.75) is 36.0 Å². The van der Waals surface area contributed by atoms with Crippen LogP contribution in [0.3, 0.4) is 0 Å². The summed E-state index contributed by atoms with van der Waals surface area (Å²) in [5.41, 5.74) is 2.72. The van der Waals surface area contributed by atoms with E-state index in [4.69, 9.17) is 0 Å². The number of thiophene rings is 1. The van der Waals surface area contributed by atoms with Gasteiger partial charge in [0.2, 0.25) is 5.91 Å². The number of allylic oxidation sites excluding steroid dienone is 2. The topological polar surface area (TPSA) is 46.2 Å². The Morgan fingerprint density at radius 2 is 1.88 bits per heavy atom. The lowest BCUT2D eigenvalue weighted by Gasteiger charge is -2.34. The van der Waals surface area contributed by atoms with E-state index in [1.807, 2.05) is 17.7 Å². The van der Waals surface area contributed by atoms with Crippen LogP contribution in [0.4, 0.5) is 0 Å². The van der Waals surface area contributed by atoms with E-state index in [9.17, 15) is 9.59 Å². The lowest BCUT2D eigenvalue weighted by molar-refractivity contribution is -0.122. The molecule has 1 aliphatic heterocycles. The number of hydrogen-bond donors (Lipinski definition) is 1.